The third kappa shape index (κ3) is 2.67. The van der Waals surface area contributed by atoms with Crippen molar-refractivity contribution in [3.8, 4) is 5.75 Å². The van der Waals surface area contributed by atoms with E-state index in [-0.39, 0.29) is 17.5 Å². The van der Waals surface area contributed by atoms with E-state index in [0.29, 0.717) is 5.69 Å². The third-order valence-electron chi connectivity index (χ3n) is 3.15. The van der Waals surface area contributed by atoms with Crippen molar-refractivity contribution in [2.24, 2.45) is 5.92 Å². The second kappa shape index (κ2) is 5.04. The molecule has 1 aliphatic carbocycles. The molecule has 0 saturated heterocycles. The molecule has 1 aliphatic rings. The van der Waals surface area contributed by atoms with E-state index in [9.17, 15) is 9.90 Å². The molecule has 2 rings (SSSR count). The molecule has 0 amide bonds. The molecule has 1 aromatic carbocycles. The van der Waals surface area contributed by atoms with E-state index in [2.05, 4.69) is 5.32 Å². The number of hydrogen-bond donors (Lipinski definition) is 2. The van der Waals surface area contributed by atoms with E-state index in [0.717, 1.165) is 24.8 Å². The molecule has 3 nitrogen and oxygen atoms in total. The van der Waals surface area contributed by atoms with E-state index >= 15 is 0 Å². The van der Waals surface area contributed by atoms with Crippen LogP contribution in [0.2, 0.25) is 0 Å². The van der Waals surface area contributed by atoms with Crippen molar-refractivity contribution in [3.63, 3.8) is 0 Å². The van der Waals surface area contributed by atoms with E-state index in [1.807, 2.05) is 13.0 Å². The van der Waals surface area contributed by atoms with E-state index < -0.39 is 0 Å². The molecule has 0 aromatic heterocycles. The van der Waals surface area contributed by atoms with Crippen LogP contribution in [0.5, 0.6) is 5.75 Å². The minimum absolute atomic E-state index is 0.126. The van der Waals surface area contributed by atoms with Crippen molar-refractivity contribution in [1.29, 1.82) is 0 Å². The van der Waals surface area contributed by atoms with Gasteiger partial charge in [-0.15, -0.1) is 0 Å². The highest BCUT2D eigenvalue weighted by Gasteiger charge is 2.22. The number of hydrogen-bond acceptors (Lipinski definition) is 3. The Balaban J connectivity index is 2.10. The number of benzene rings is 1. The number of carbonyl (C=O) groups is 1. The minimum atomic E-state index is 0.126. The number of allylic oxidation sites excluding steroid dienone is 1. The fraction of sp³-hybridized carbons (Fsp3) is 0.357. The van der Waals surface area contributed by atoms with Crippen LogP contribution in [0.4, 0.5) is 5.69 Å². The molecule has 0 bridgehead atoms. The number of para-hydroxylation sites is 2. The topological polar surface area (TPSA) is 49.3 Å². The first-order chi connectivity index (χ1) is 8.18. The van der Waals surface area contributed by atoms with Crippen LogP contribution < -0.4 is 5.32 Å². The lowest BCUT2D eigenvalue weighted by atomic mass is 9.86. The number of anilines is 1. The number of phenolic OH excluding ortho intramolecular Hbond substituents is 1. The Morgan fingerprint density at radius 3 is 2.94 bits per heavy atom. The molecule has 0 heterocycles. The molecule has 0 aliphatic heterocycles. The molecule has 90 valence electrons. The lowest BCUT2D eigenvalue weighted by Gasteiger charge is -2.19. The summed E-state index contributed by atoms with van der Waals surface area (Å²) in [4.78, 5) is 11.9. The van der Waals surface area contributed by atoms with Crippen molar-refractivity contribution in [2.75, 3.05) is 5.32 Å². The third-order valence-corrected chi connectivity index (χ3v) is 3.15. The Hall–Kier alpha value is -1.77. The van der Waals surface area contributed by atoms with Crippen LogP contribution in [0.15, 0.2) is 36.0 Å². The number of ketones is 1. The van der Waals surface area contributed by atoms with Crippen molar-refractivity contribution in [3.05, 3.63) is 36.0 Å². The van der Waals surface area contributed by atoms with Crippen LogP contribution in [0.25, 0.3) is 0 Å². The number of aromatic hydroxyl groups is 1. The molecular weight excluding hydrogens is 214 g/mol. The molecule has 1 atom stereocenters. The standard InChI is InChI=1S/C14H17NO2/c1-10-5-4-6-11(14(10)17)9-15-12-7-2-3-8-13(12)16/h2-3,7-10,15-16H,4-6H2,1H3/b11-9-/t10-/m0/s1. The Morgan fingerprint density at radius 1 is 1.41 bits per heavy atom. The van der Waals surface area contributed by atoms with Gasteiger partial charge in [-0.3, -0.25) is 4.79 Å². The monoisotopic (exact) mass is 231 g/mol. The maximum absolute atomic E-state index is 11.9. The summed E-state index contributed by atoms with van der Waals surface area (Å²) in [6, 6.07) is 7.00. The Kier molecular flexibility index (Phi) is 3.47. The van der Waals surface area contributed by atoms with Crippen molar-refractivity contribution in [1.82, 2.24) is 0 Å². The van der Waals surface area contributed by atoms with Crippen molar-refractivity contribution >= 4 is 11.5 Å². The van der Waals surface area contributed by atoms with Crippen LogP contribution in [-0.2, 0) is 4.79 Å². The predicted octanol–water partition coefficient (Wildman–Crippen LogP) is 3.08. The quantitative estimate of drug-likeness (QED) is 0.607. The summed E-state index contributed by atoms with van der Waals surface area (Å²) < 4.78 is 0. The van der Waals surface area contributed by atoms with Gasteiger partial charge in [0.15, 0.2) is 5.78 Å². The van der Waals surface area contributed by atoms with Gasteiger partial charge < -0.3 is 10.4 Å². The second-order valence-electron chi connectivity index (χ2n) is 4.49. The Labute approximate surface area is 101 Å². The summed E-state index contributed by atoms with van der Waals surface area (Å²) in [6.45, 7) is 1.97. The van der Waals surface area contributed by atoms with Crippen LogP contribution in [-0.4, -0.2) is 10.9 Å². The first kappa shape index (κ1) is 11.7. The SMILES string of the molecule is C[C@H]1CCC/C(=C/Nc2ccccc2O)C1=O. The Morgan fingerprint density at radius 2 is 2.18 bits per heavy atom. The number of nitrogens with one attached hydrogen (secondary N) is 1. The summed E-state index contributed by atoms with van der Waals surface area (Å²) >= 11 is 0. The minimum Gasteiger partial charge on any atom is -0.506 e. The fourth-order valence-electron chi connectivity index (χ4n) is 2.07. The van der Waals surface area contributed by atoms with Gasteiger partial charge in [-0.05, 0) is 31.4 Å². The smallest absolute Gasteiger partial charge is 0.163 e. The van der Waals surface area contributed by atoms with Gasteiger partial charge in [0, 0.05) is 17.7 Å². The molecular formula is C14H17NO2. The summed E-state index contributed by atoms with van der Waals surface area (Å²) in [5.41, 5.74) is 1.46. The number of phenols is 1. The average Bonchev–Trinajstić information content (AvgIpc) is 2.33. The number of carbonyl (C=O) groups excluding carboxylic acids is 1. The van der Waals surface area contributed by atoms with E-state index in [1.165, 1.54) is 0 Å². The van der Waals surface area contributed by atoms with Gasteiger partial charge in [0.05, 0.1) is 5.69 Å². The predicted molar refractivity (Wildman–Crippen MR) is 67.8 cm³/mol. The summed E-state index contributed by atoms with van der Waals surface area (Å²) in [5, 5.41) is 12.6. The molecule has 1 aromatic rings. The summed E-state index contributed by atoms with van der Waals surface area (Å²) in [6.07, 6.45) is 4.59. The molecule has 17 heavy (non-hydrogen) atoms. The maximum Gasteiger partial charge on any atom is 0.163 e. The van der Waals surface area contributed by atoms with E-state index in [1.54, 1.807) is 24.4 Å². The van der Waals surface area contributed by atoms with Gasteiger partial charge >= 0.3 is 0 Å². The largest absolute Gasteiger partial charge is 0.506 e. The van der Waals surface area contributed by atoms with Gasteiger partial charge in [-0.1, -0.05) is 19.1 Å². The lowest BCUT2D eigenvalue weighted by Crippen LogP contribution is -2.19. The zero-order valence-electron chi connectivity index (χ0n) is 9.94. The normalized spacial score (nSPS) is 22.8. The van der Waals surface area contributed by atoms with Gasteiger partial charge in [0.25, 0.3) is 0 Å². The molecule has 2 N–H and O–H groups in total. The zero-order chi connectivity index (χ0) is 12.3. The highest BCUT2D eigenvalue weighted by molar-refractivity contribution is 5.97. The van der Waals surface area contributed by atoms with Crippen LogP contribution in [0.3, 0.4) is 0 Å². The molecule has 1 fully saturated rings. The molecule has 3 heteroatoms. The highest BCUT2D eigenvalue weighted by Crippen LogP contribution is 2.26. The Bertz CT molecular complexity index is 451. The van der Waals surface area contributed by atoms with Gasteiger partial charge in [-0.25, -0.2) is 0 Å². The van der Waals surface area contributed by atoms with Crippen LogP contribution in [0.1, 0.15) is 26.2 Å². The molecule has 0 spiro atoms. The zero-order valence-corrected chi connectivity index (χ0v) is 9.94. The molecule has 0 radical (unpaired) electrons. The van der Waals surface area contributed by atoms with Crippen LogP contribution in [0, 0.1) is 5.92 Å². The highest BCUT2D eigenvalue weighted by atomic mass is 16.3. The van der Waals surface area contributed by atoms with Crippen LogP contribution >= 0.6 is 0 Å². The van der Waals surface area contributed by atoms with Gasteiger partial charge in [0.2, 0.25) is 0 Å². The number of rotatable bonds is 2. The second-order valence-corrected chi connectivity index (χ2v) is 4.49. The average molecular weight is 231 g/mol. The molecule has 0 unspecified atom stereocenters. The summed E-state index contributed by atoms with van der Waals surface area (Å²) in [5.74, 6) is 0.543. The molecule has 1 saturated carbocycles. The first-order valence-electron chi connectivity index (χ1n) is 5.96. The maximum atomic E-state index is 11.9. The lowest BCUT2D eigenvalue weighted by molar-refractivity contribution is -0.119. The van der Waals surface area contributed by atoms with Crippen molar-refractivity contribution < 1.29 is 9.90 Å². The van der Waals surface area contributed by atoms with Gasteiger partial charge in [0.1, 0.15) is 5.75 Å². The van der Waals surface area contributed by atoms with E-state index in [4.69, 9.17) is 0 Å². The first-order valence-corrected chi connectivity index (χ1v) is 5.96. The number of Topliss-reactive ketones (excluding diaryl/α,β-unsaturated/α-hetero) is 1. The van der Waals surface area contributed by atoms with Crippen molar-refractivity contribution in [2.45, 2.75) is 26.2 Å². The van der Waals surface area contributed by atoms with Gasteiger partial charge in [-0.2, -0.15) is 0 Å². The summed E-state index contributed by atoms with van der Waals surface area (Å²) in [7, 11) is 0. The fourth-order valence-corrected chi connectivity index (χ4v) is 2.07.